The molecular weight excluding hydrogens is 297 g/mol. The highest BCUT2D eigenvalue weighted by Gasteiger charge is 2.22. The minimum atomic E-state index is -0.536. The summed E-state index contributed by atoms with van der Waals surface area (Å²) in [6, 6.07) is 3.93. The smallest absolute Gasteiger partial charge is 0.259 e. The first-order valence-electron chi connectivity index (χ1n) is 6.80. The molecule has 7 heteroatoms. The SMILES string of the molecule is NC(COC1CCC1)c1noc(-c2cccc(F)c2Cl)n1. The molecule has 1 aromatic heterocycles. The van der Waals surface area contributed by atoms with Crippen molar-refractivity contribution >= 4 is 11.6 Å². The van der Waals surface area contributed by atoms with Crippen molar-refractivity contribution in [1.82, 2.24) is 10.1 Å². The Morgan fingerprint density at radius 2 is 2.29 bits per heavy atom. The van der Waals surface area contributed by atoms with E-state index in [0.717, 1.165) is 12.8 Å². The van der Waals surface area contributed by atoms with Crippen LogP contribution in [0.1, 0.15) is 31.1 Å². The fourth-order valence-corrected chi connectivity index (χ4v) is 2.22. The second kappa shape index (κ2) is 6.09. The summed E-state index contributed by atoms with van der Waals surface area (Å²) < 4.78 is 24.1. The third-order valence-electron chi connectivity index (χ3n) is 3.52. The lowest BCUT2D eigenvalue weighted by Gasteiger charge is -2.26. The Labute approximate surface area is 126 Å². The lowest BCUT2D eigenvalue weighted by atomic mass is 9.96. The van der Waals surface area contributed by atoms with Crippen LogP contribution in [-0.2, 0) is 4.74 Å². The van der Waals surface area contributed by atoms with Crippen LogP contribution in [0.15, 0.2) is 22.7 Å². The highest BCUT2D eigenvalue weighted by molar-refractivity contribution is 6.33. The molecular formula is C14H15ClFN3O2. The molecule has 0 radical (unpaired) electrons. The van der Waals surface area contributed by atoms with E-state index in [-0.39, 0.29) is 10.9 Å². The summed E-state index contributed by atoms with van der Waals surface area (Å²) in [5.41, 5.74) is 6.31. The molecule has 1 aromatic carbocycles. The quantitative estimate of drug-likeness (QED) is 0.918. The van der Waals surface area contributed by atoms with Gasteiger partial charge in [-0.05, 0) is 31.4 Å². The lowest BCUT2D eigenvalue weighted by molar-refractivity contribution is -0.00549. The van der Waals surface area contributed by atoms with Gasteiger partial charge in [0.1, 0.15) is 5.82 Å². The highest BCUT2D eigenvalue weighted by atomic mass is 35.5. The number of nitrogens with zero attached hydrogens (tertiary/aromatic N) is 2. The summed E-state index contributed by atoms with van der Waals surface area (Å²) in [5, 5.41) is 3.76. The van der Waals surface area contributed by atoms with E-state index in [1.807, 2.05) is 0 Å². The lowest BCUT2D eigenvalue weighted by Crippen LogP contribution is -2.27. The zero-order valence-electron chi connectivity index (χ0n) is 11.3. The largest absolute Gasteiger partial charge is 0.376 e. The topological polar surface area (TPSA) is 74.2 Å². The molecule has 1 aliphatic rings. The zero-order chi connectivity index (χ0) is 14.8. The Bertz CT molecular complexity index is 630. The van der Waals surface area contributed by atoms with Crippen LogP contribution in [-0.4, -0.2) is 22.9 Å². The van der Waals surface area contributed by atoms with Crippen LogP contribution in [0.4, 0.5) is 4.39 Å². The van der Waals surface area contributed by atoms with Gasteiger partial charge in [0, 0.05) is 0 Å². The normalized spacial score (nSPS) is 16.7. The third-order valence-corrected chi connectivity index (χ3v) is 3.90. The van der Waals surface area contributed by atoms with Crippen molar-refractivity contribution in [2.45, 2.75) is 31.4 Å². The van der Waals surface area contributed by atoms with Crippen molar-refractivity contribution in [3.63, 3.8) is 0 Å². The molecule has 2 N–H and O–H groups in total. The second-order valence-electron chi connectivity index (χ2n) is 5.05. The summed E-state index contributed by atoms with van der Waals surface area (Å²) in [5.74, 6) is -0.0650. The molecule has 1 atom stereocenters. The van der Waals surface area contributed by atoms with Crippen molar-refractivity contribution in [2.24, 2.45) is 5.73 Å². The fourth-order valence-electron chi connectivity index (χ4n) is 2.02. The first-order chi connectivity index (χ1) is 10.1. The summed E-state index contributed by atoms with van der Waals surface area (Å²) in [7, 11) is 0. The van der Waals surface area contributed by atoms with E-state index < -0.39 is 11.9 Å². The molecule has 1 saturated carbocycles. The number of hydrogen-bond donors (Lipinski definition) is 1. The van der Waals surface area contributed by atoms with E-state index in [1.54, 1.807) is 6.07 Å². The summed E-state index contributed by atoms with van der Waals surface area (Å²) in [6.45, 7) is 0.334. The van der Waals surface area contributed by atoms with Crippen LogP contribution in [0.3, 0.4) is 0 Å². The Kier molecular flexibility index (Phi) is 4.19. The van der Waals surface area contributed by atoms with Gasteiger partial charge in [-0.15, -0.1) is 0 Å². The van der Waals surface area contributed by atoms with Gasteiger partial charge in [0.25, 0.3) is 5.89 Å². The molecule has 5 nitrogen and oxygen atoms in total. The fraction of sp³-hybridized carbons (Fsp3) is 0.429. The van der Waals surface area contributed by atoms with Crippen LogP contribution in [0.5, 0.6) is 0 Å². The molecule has 0 spiro atoms. The number of benzene rings is 1. The van der Waals surface area contributed by atoms with Crippen molar-refractivity contribution in [3.8, 4) is 11.5 Å². The first kappa shape index (κ1) is 14.4. The number of rotatable bonds is 5. The average Bonchev–Trinajstić information content (AvgIpc) is 2.89. The highest BCUT2D eigenvalue weighted by Crippen LogP contribution is 2.29. The molecule has 3 rings (SSSR count). The van der Waals surface area contributed by atoms with Gasteiger partial charge in [-0.3, -0.25) is 0 Å². The molecule has 1 heterocycles. The molecule has 2 aromatic rings. The van der Waals surface area contributed by atoms with Gasteiger partial charge < -0.3 is 15.0 Å². The molecule has 0 saturated heterocycles. The van der Waals surface area contributed by atoms with Crippen LogP contribution >= 0.6 is 11.6 Å². The van der Waals surface area contributed by atoms with Crippen LogP contribution < -0.4 is 5.73 Å². The van der Waals surface area contributed by atoms with E-state index in [1.165, 1.54) is 18.6 Å². The maximum absolute atomic E-state index is 13.4. The molecule has 21 heavy (non-hydrogen) atoms. The van der Waals surface area contributed by atoms with Crippen LogP contribution in [0.25, 0.3) is 11.5 Å². The average molecular weight is 312 g/mol. The Balaban J connectivity index is 1.71. The molecule has 0 amide bonds. The van der Waals surface area contributed by atoms with Crippen molar-refractivity contribution in [1.29, 1.82) is 0 Å². The van der Waals surface area contributed by atoms with Gasteiger partial charge in [-0.1, -0.05) is 22.8 Å². The monoisotopic (exact) mass is 311 g/mol. The Morgan fingerprint density at radius 3 is 3.00 bits per heavy atom. The predicted octanol–water partition coefficient (Wildman–Crippen LogP) is 3.10. The van der Waals surface area contributed by atoms with Crippen molar-refractivity contribution in [2.75, 3.05) is 6.61 Å². The maximum Gasteiger partial charge on any atom is 0.259 e. The number of halogens is 2. The molecule has 0 bridgehead atoms. The van der Waals surface area contributed by atoms with Crippen molar-refractivity contribution < 1.29 is 13.7 Å². The van der Waals surface area contributed by atoms with Gasteiger partial charge in [0.05, 0.1) is 29.3 Å². The molecule has 1 fully saturated rings. The van der Waals surface area contributed by atoms with E-state index in [4.69, 9.17) is 26.6 Å². The van der Waals surface area contributed by atoms with Gasteiger partial charge in [-0.2, -0.15) is 4.98 Å². The molecule has 1 unspecified atom stereocenters. The number of nitrogens with two attached hydrogens (primary N) is 1. The van der Waals surface area contributed by atoms with E-state index >= 15 is 0 Å². The number of ether oxygens (including phenoxy) is 1. The van der Waals surface area contributed by atoms with Gasteiger partial charge in [-0.25, -0.2) is 4.39 Å². The summed E-state index contributed by atoms with van der Waals surface area (Å²) in [6.07, 6.45) is 3.64. The van der Waals surface area contributed by atoms with Crippen LogP contribution in [0, 0.1) is 5.82 Å². The van der Waals surface area contributed by atoms with E-state index in [9.17, 15) is 4.39 Å². The minimum absolute atomic E-state index is 0.0491. The van der Waals surface area contributed by atoms with Gasteiger partial charge in [0.2, 0.25) is 0 Å². The third kappa shape index (κ3) is 3.07. The number of hydrogen-bond acceptors (Lipinski definition) is 5. The summed E-state index contributed by atoms with van der Waals surface area (Å²) >= 11 is 5.89. The number of aromatic nitrogens is 2. The van der Waals surface area contributed by atoms with Crippen LogP contribution in [0.2, 0.25) is 5.02 Å². The summed E-state index contributed by atoms with van der Waals surface area (Å²) in [4.78, 5) is 4.17. The van der Waals surface area contributed by atoms with E-state index in [0.29, 0.717) is 24.1 Å². The Morgan fingerprint density at radius 1 is 1.48 bits per heavy atom. The first-order valence-corrected chi connectivity index (χ1v) is 7.18. The predicted molar refractivity (Wildman–Crippen MR) is 75.2 cm³/mol. The van der Waals surface area contributed by atoms with Gasteiger partial charge in [0.15, 0.2) is 5.82 Å². The molecule has 0 aliphatic heterocycles. The Hall–Kier alpha value is -1.50. The standard InChI is InChI=1S/C14H15ClFN3O2/c15-12-9(5-2-6-10(12)16)14-18-13(19-21-14)11(17)7-20-8-3-1-4-8/h2,5-6,8,11H,1,3-4,7,17H2. The second-order valence-corrected chi connectivity index (χ2v) is 5.43. The van der Waals surface area contributed by atoms with Crippen molar-refractivity contribution in [3.05, 3.63) is 34.9 Å². The minimum Gasteiger partial charge on any atom is -0.376 e. The zero-order valence-corrected chi connectivity index (χ0v) is 12.0. The maximum atomic E-state index is 13.4. The molecule has 1 aliphatic carbocycles. The van der Waals surface area contributed by atoms with E-state index in [2.05, 4.69) is 10.1 Å². The molecule has 112 valence electrons. The van der Waals surface area contributed by atoms with Gasteiger partial charge >= 0.3 is 0 Å².